The van der Waals surface area contributed by atoms with Crippen molar-refractivity contribution in [3.05, 3.63) is 59.7 Å². The second-order valence-electron chi connectivity index (χ2n) is 5.85. The van der Waals surface area contributed by atoms with Crippen LogP contribution in [-0.2, 0) is 6.61 Å². The Balaban J connectivity index is 1.85. The van der Waals surface area contributed by atoms with Gasteiger partial charge < -0.3 is 14.2 Å². The summed E-state index contributed by atoms with van der Waals surface area (Å²) >= 11 is 0. The molecule has 0 amide bonds. The second kappa shape index (κ2) is 5.76. The van der Waals surface area contributed by atoms with Crippen molar-refractivity contribution in [3.8, 4) is 17.2 Å². The summed E-state index contributed by atoms with van der Waals surface area (Å²) in [5.74, 6) is 2.22. The second-order valence-corrected chi connectivity index (χ2v) is 5.85. The molecule has 3 heteroatoms. The summed E-state index contributed by atoms with van der Waals surface area (Å²) in [7, 11) is 1.64. The van der Waals surface area contributed by atoms with E-state index in [-0.39, 0.29) is 5.60 Å². The van der Waals surface area contributed by atoms with Crippen LogP contribution in [0.5, 0.6) is 17.2 Å². The Hall–Kier alpha value is -2.42. The molecule has 1 heterocycles. The molecule has 114 valence electrons. The Kier molecular flexibility index (Phi) is 3.80. The molecule has 0 bridgehead atoms. The third-order valence-electron chi connectivity index (χ3n) is 3.57. The van der Waals surface area contributed by atoms with Gasteiger partial charge in [-0.25, -0.2) is 0 Å². The van der Waals surface area contributed by atoms with Gasteiger partial charge in [0.05, 0.1) is 7.11 Å². The van der Waals surface area contributed by atoms with E-state index in [1.165, 1.54) is 0 Å². The number of methoxy groups -OCH3 is 1. The molecule has 0 aliphatic carbocycles. The van der Waals surface area contributed by atoms with E-state index in [0.29, 0.717) is 12.4 Å². The Morgan fingerprint density at radius 2 is 1.82 bits per heavy atom. The molecule has 0 spiro atoms. The minimum absolute atomic E-state index is 0.301. The molecular weight excluding hydrogens is 276 g/mol. The zero-order chi connectivity index (χ0) is 15.6. The molecule has 0 radical (unpaired) electrons. The lowest BCUT2D eigenvalue weighted by Gasteiger charge is -2.28. The number of rotatable bonds is 4. The molecule has 0 fully saturated rings. The van der Waals surface area contributed by atoms with Crippen molar-refractivity contribution >= 4 is 6.08 Å². The Bertz CT molecular complexity index is 687. The average molecular weight is 296 g/mol. The monoisotopic (exact) mass is 296 g/mol. The van der Waals surface area contributed by atoms with Gasteiger partial charge >= 0.3 is 0 Å². The maximum absolute atomic E-state index is 5.96. The molecule has 22 heavy (non-hydrogen) atoms. The molecule has 0 unspecified atom stereocenters. The molecule has 1 aliphatic rings. The van der Waals surface area contributed by atoms with Crippen LogP contribution < -0.4 is 14.2 Å². The van der Waals surface area contributed by atoms with Crippen LogP contribution in [0.15, 0.2) is 48.5 Å². The van der Waals surface area contributed by atoms with E-state index < -0.39 is 0 Å². The minimum atomic E-state index is -0.301. The quantitative estimate of drug-likeness (QED) is 0.833. The first-order chi connectivity index (χ1) is 10.6. The molecule has 0 atom stereocenters. The predicted molar refractivity (Wildman–Crippen MR) is 87.5 cm³/mol. The maximum Gasteiger partial charge on any atom is 0.164 e. The molecular formula is C19H20O3. The molecule has 3 nitrogen and oxygen atoms in total. The highest BCUT2D eigenvalue weighted by Gasteiger charge is 2.23. The van der Waals surface area contributed by atoms with Gasteiger partial charge in [-0.15, -0.1) is 0 Å². The van der Waals surface area contributed by atoms with Gasteiger partial charge in [-0.05, 0) is 31.6 Å². The smallest absolute Gasteiger partial charge is 0.164 e. The van der Waals surface area contributed by atoms with Crippen LogP contribution in [0, 0.1) is 0 Å². The van der Waals surface area contributed by atoms with Crippen molar-refractivity contribution in [1.29, 1.82) is 0 Å². The van der Waals surface area contributed by atoms with Crippen molar-refractivity contribution in [1.82, 2.24) is 0 Å². The molecule has 0 aromatic heterocycles. The zero-order valence-corrected chi connectivity index (χ0v) is 13.1. The number of benzene rings is 2. The lowest BCUT2D eigenvalue weighted by atomic mass is 10.0. The molecule has 3 rings (SSSR count). The van der Waals surface area contributed by atoms with Crippen LogP contribution in [-0.4, -0.2) is 12.7 Å². The molecule has 2 aromatic carbocycles. The standard InChI is InChI=1S/C19H20O3/c1-19(2)10-9-15-11-18(17(20-3)12-16(15)22-19)21-13-14-7-5-4-6-8-14/h4-12H,13H2,1-3H3. The summed E-state index contributed by atoms with van der Waals surface area (Å²) in [6, 6.07) is 13.9. The number of ether oxygens (including phenoxy) is 3. The first-order valence-corrected chi connectivity index (χ1v) is 7.34. The normalized spacial score (nSPS) is 14.9. The van der Waals surface area contributed by atoms with Gasteiger partial charge in [0.15, 0.2) is 11.5 Å². The highest BCUT2D eigenvalue weighted by atomic mass is 16.5. The van der Waals surface area contributed by atoms with Crippen molar-refractivity contribution in [3.63, 3.8) is 0 Å². The minimum Gasteiger partial charge on any atom is -0.493 e. The van der Waals surface area contributed by atoms with Crippen molar-refractivity contribution < 1.29 is 14.2 Å². The summed E-state index contributed by atoms with van der Waals surface area (Å²) in [4.78, 5) is 0. The summed E-state index contributed by atoms with van der Waals surface area (Å²) in [5, 5.41) is 0. The van der Waals surface area contributed by atoms with Crippen molar-refractivity contribution in [2.75, 3.05) is 7.11 Å². The van der Waals surface area contributed by atoms with Crippen molar-refractivity contribution in [2.45, 2.75) is 26.1 Å². The molecule has 0 saturated heterocycles. The van der Waals surface area contributed by atoms with Crippen LogP contribution in [0.3, 0.4) is 0 Å². The number of fused-ring (bicyclic) bond motifs is 1. The van der Waals surface area contributed by atoms with E-state index >= 15 is 0 Å². The van der Waals surface area contributed by atoms with E-state index in [2.05, 4.69) is 6.08 Å². The lowest BCUT2D eigenvalue weighted by Crippen LogP contribution is -2.27. The Labute approximate surface area is 131 Å². The highest BCUT2D eigenvalue weighted by molar-refractivity contribution is 5.66. The Morgan fingerprint density at radius 3 is 2.55 bits per heavy atom. The third kappa shape index (κ3) is 3.08. The maximum atomic E-state index is 5.96. The first kappa shape index (κ1) is 14.5. The molecule has 0 saturated carbocycles. The number of hydrogen-bond donors (Lipinski definition) is 0. The fourth-order valence-electron chi connectivity index (χ4n) is 2.39. The van der Waals surface area contributed by atoms with E-state index in [1.807, 2.05) is 62.4 Å². The zero-order valence-electron chi connectivity index (χ0n) is 13.1. The topological polar surface area (TPSA) is 27.7 Å². The van der Waals surface area contributed by atoms with Gasteiger partial charge in [-0.2, -0.15) is 0 Å². The van der Waals surface area contributed by atoms with Gasteiger partial charge in [0.1, 0.15) is 18.0 Å². The van der Waals surface area contributed by atoms with Gasteiger partial charge in [-0.1, -0.05) is 36.4 Å². The first-order valence-electron chi connectivity index (χ1n) is 7.34. The summed E-state index contributed by atoms with van der Waals surface area (Å²) in [6.45, 7) is 4.56. The van der Waals surface area contributed by atoms with Crippen LogP contribution >= 0.6 is 0 Å². The van der Waals surface area contributed by atoms with E-state index in [0.717, 1.165) is 22.6 Å². The summed E-state index contributed by atoms with van der Waals surface area (Å²) in [5.41, 5.74) is 1.82. The van der Waals surface area contributed by atoms with Crippen LogP contribution in [0.25, 0.3) is 6.08 Å². The predicted octanol–water partition coefficient (Wildman–Crippen LogP) is 4.46. The van der Waals surface area contributed by atoms with Crippen molar-refractivity contribution in [2.24, 2.45) is 0 Å². The fraction of sp³-hybridized carbons (Fsp3) is 0.263. The molecule has 1 aliphatic heterocycles. The van der Waals surface area contributed by atoms with Gasteiger partial charge in [0, 0.05) is 11.6 Å². The highest BCUT2D eigenvalue weighted by Crippen LogP contribution is 2.39. The largest absolute Gasteiger partial charge is 0.493 e. The Morgan fingerprint density at radius 1 is 1.05 bits per heavy atom. The van der Waals surface area contributed by atoms with Gasteiger partial charge in [-0.3, -0.25) is 0 Å². The third-order valence-corrected chi connectivity index (χ3v) is 3.57. The van der Waals surface area contributed by atoms with Gasteiger partial charge in [0.2, 0.25) is 0 Å². The fourth-order valence-corrected chi connectivity index (χ4v) is 2.39. The average Bonchev–Trinajstić information content (AvgIpc) is 2.52. The van der Waals surface area contributed by atoms with E-state index in [4.69, 9.17) is 14.2 Å². The lowest BCUT2D eigenvalue weighted by molar-refractivity contribution is 0.158. The SMILES string of the molecule is COc1cc2c(cc1OCc1ccccc1)C=CC(C)(C)O2. The number of hydrogen-bond acceptors (Lipinski definition) is 3. The molecule has 2 aromatic rings. The van der Waals surface area contributed by atoms with E-state index in [1.54, 1.807) is 7.11 Å². The van der Waals surface area contributed by atoms with E-state index in [9.17, 15) is 0 Å². The molecule has 0 N–H and O–H groups in total. The van der Waals surface area contributed by atoms with Crippen LogP contribution in [0.2, 0.25) is 0 Å². The summed E-state index contributed by atoms with van der Waals surface area (Å²) < 4.78 is 17.3. The van der Waals surface area contributed by atoms with Crippen LogP contribution in [0.1, 0.15) is 25.0 Å². The summed E-state index contributed by atoms with van der Waals surface area (Å²) in [6.07, 6.45) is 4.11. The van der Waals surface area contributed by atoms with Gasteiger partial charge in [0.25, 0.3) is 0 Å². The van der Waals surface area contributed by atoms with Crippen LogP contribution in [0.4, 0.5) is 0 Å².